The van der Waals surface area contributed by atoms with Crippen molar-refractivity contribution >= 4 is 11.8 Å². The highest BCUT2D eigenvalue weighted by molar-refractivity contribution is 5.68. The van der Waals surface area contributed by atoms with Crippen molar-refractivity contribution in [3.63, 3.8) is 0 Å². The predicted molar refractivity (Wildman–Crippen MR) is 77.9 cm³/mol. The maximum atomic E-state index is 11.7. The van der Waals surface area contributed by atoms with Crippen LogP contribution in [-0.4, -0.2) is 48.9 Å². The summed E-state index contributed by atoms with van der Waals surface area (Å²) in [6.07, 6.45) is -0.731. The molecule has 1 saturated heterocycles. The highest BCUT2D eigenvalue weighted by Crippen LogP contribution is 2.26. The second kappa shape index (κ2) is 6.61. The molecule has 0 aliphatic carbocycles. The maximum Gasteiger partial charge on any atom is 0.409 e. The van der Waals surface area contributed by atoms with Crippen LogP contribution in [-0.2, 0) is 4.74 Å². The first-order valence-corrected chi connectivity index (χ1v) is 7.07. The van der Waals surface area contributed by atoms with Crippen molar-refractivity contribution in [2.24, 2.45) is 0 Å². The van der Waals surface area contributed by atoms with E-state index >= 15 is 0 Å². The number of anilines is 1. The van der Waals surface area contributed by atoms with Crippen molar-refractivity contribution in [1.29, 1.82) is 0 Å². The number of nitrogens with zero attached hydrogens (tertiary/aromatic N) is 2. The van der Waals surface area contributed by atoms with Gasteiger partial charge in [-0.15, -0.1) is 0 Å². The lowest BCUT2D eigenvalue weighted by atomic mass is 10.1. The molecule has 0 bridgehead atoms. The topological polar surface area (TPSA) is 53.0 Å². The van der Waals surface area contributed by atoms with E-state index in [1.54, 1.807) is 11.8 Å². The number of piperazine rings is 1. The molecule has 20 heavy (non-hydrogen) atoms. The Labute approximate surface area is 119 Å². The van der Waals surface area contributed by atoms with Crippen molar-refractivity contribution < 1.29 is 14.6 Å². The first-order chi connectivity index (χ1) is 9.63. The van der Waals surface area contributed by atoms with Crippen LogP contribution in [0.1, 0.15) is 25.5 Å². The van der Waals surface area contributed by atoms with E-state index in [1.807, 2.05) is 31.2 Å². The van der Waals surface area contributed by atoms with Crippen LogP contribution in [0, 0.1) is 0 Å². The van der Waals surface area contributed by atoms with E-state index in [0.29, 0.717) is 19.7 Å². The second-order valence-electron chi connectivity index (χ2n) is 4.91. The largest absolute Gasteiger partial charge is 0.450 e. The minimum absolute atomic E-state index is 0.240. The summed E-state index contributed by atoms with van der Waals surface area (Å²) in [7, 11) is 0. The molecule has 1 unspecified atom stereocenters. The van der Waals surface area contributed by atoms with Crippen LogP contribution >= 0.6 is 0 Å². The fourth-order valence-electron chi connectivity index (χ4n) is 2.47. The lowest BCUT2D eigenvalue weighted by Gasteiger charge is -2.36. The van der Waals surface area contributed by atoms with Gasteiger partial charge in [0.05, 0.1) is 12.7 Å². The number of amides is 1. The van der Waals surface area contributed by atoms with Crippen LogP contribution in [0.5, 0.6) is 0 Å². The van der Waals surface area contributed by atoms with Crippen molar-refractivity contribution in [2.45, 2.75) is 20.0 Å². The Morgan fingerprint density at radius 2 is 1.95 bits per heavy atom. The molecular weight excluding hydrogens is 256 g/mol. The van der Waals surface area contributed by atoms with Crippen molar-refractivity contribution in [1.82, 2.24) is 4.90 Å². The Balaban J connectivity index is 2.02. The van der Waals surface area contributed by atoms with E-state index in [-0.39, 0.29) is 6.09 Å². The van der Waals surface area contributed by atoms with Crippen LogP contribution < -0.4 is 4.90 Å². The van der Waals surface area contributed by atoms with Gasteiger partial charge in [-0.1, -0.05) is 18.2 Å². The summed E-state index contributed by atoms with van der Waals surface area (Å²) in [4.78, 5) is 15.6. The van der Waals surface area contributed by atoms with Crippen molar-refractivity contribution in [3.8, 4) is 0 Å². The van der Waals surface area contributed by atoms with Gasteiger partial charge in [0, 0.05) is 37.4 Å². The van der Waals surface area contributed by atoms with Gasteiger partial charge in [0.25, 0.3) is 0 Å². The second-order valence-corrected chi connectivity index (χ2v) is 4.91. The summed E-state index contributed by atoms with van der Waals surface area (Å²) in [5, 5.41) is 9.83. The molecule has 1 heterocycles. The standard InChI is InChI=1S/C15H22N2O3/c1-3-20-15(19)17-10-8-16(9-11-17)14-7-5-4-6-13(14)12(2)18/h4-7,12,18H,3,8-11H2,1-2H3. The number of hydrogen-bond acceptors (Lipinski definition) is 4. The molecule has 5 nitrogen and oxygen atoms in total. The number of ether oxygens (including phenoxy) is 1. The number of hydrogen-bond donors (Lipinski definition) is 1. The molecule has 1 aromatic rings. The smallest absolute Gasteiger partial charge is 0.409 e. The third kappa shape index (κ3) is 3.22. The zero-order valence-corrected chi connectivity index (χ0v) is 12.1. The quantitative estimate of drug-likeness (QED) is 0.919. The normalized spacial score (nSPS) is 16.9. The Hall–Kier alpha value is -1.75. The fraction of sp³-hybridized carbons (Fsp3) is 0.533. The van der Waals surface area contributed by atoms with E-state index < -0.39 is 6.10 Å². The summed E-state index contributed by atoms with van der Waals surface area (Å²) < 4.78 is 5.01. The molecule has 1 aliphatic heterocycles. The molecule has 1 atom stereocenters. The molecule has 0 radical (unpaired) electrons. The van der Waals surface area contributed by atoms with Crippen molar-refractivity contribution in [2.75, 3.05) is 37.7 Å². The van der Waals surface area contributed by atoms with Gasteiger partial charge in [-0.05, 0) is 19.9 Å². The van der Waals surface area contributed by atoms with Gasteiger partial charge in [0.2, 0.25) is 0 Å². The molecular formula is C15H22N2O3. The lowest BCUT2D eigenvalue weighted by molar-refractivity contribution is 0.105. The monoisotopic (exact) mass is 278 g/mol. The maximum absolute atomic E-state index is 11.7. The number of carbonyl (C=O) groups excluding carboxylic acids is 1. The Morgan fingerprint density at radius 1 is 1.30 bits per heavy atom. The van der Waals surface area contributed by atoms with Gasteiger partial charge >= 0.3 is 6.09 Å². The van der Waals surface area contributed by atoms with Gasteiger partial charge in [0.1, 0.15) is 0 Å². The van der Waals surface area contributed by atoms with Gasteiger partial charge in [-0.3, -0.25) is 0 Å². The summed E-state index contributed by atoms with van der Waals surface area (Å²) in [5.74, 6) is 0. The lowest BCUT2D eigenvalue weighted by Crippen LogP contribution is -2.49. The molecule has 0 saturated carbocycles. The Kier molecular flexibility index (Phi) is 4.84. The number of benzene rings is 1. The summed E-state index contributed by atoms with van der Waals surface area (Å²) in [6.45, 7) is 6.79. The minimum atomic E-state index is -0.491. The zero-order chi connectivity index (χ0) is 14.5. The van der Waals surface area contributed by atoms with Crippen LogP contribution in [0.3, 0.4) is 0 Å². The molecule has 1 amide bonds. The molecule has 1 N–H and O–H groups in total. The van der Waals surface area contributed by atoms with Gasteiger partial charge in [0.15, 0.2) is 0 Å². The Morgan fingerprint density at radius 3 is 2.55 bits per heavy atom. The minimum Gasteiger partial charge on any atom is -0.450 e. The third-order valence-electron chi connectivity index (χ3n) is 3.53. The average molecular weight is 278 g/mol. The van der Waals surface area contributed by atoms with Gasteiger partial charge in [-0.2, -0.15) is 0 Å². The van der Waals surface area contributed by atoms with Crippen LogP contribution in [0.25, 0.3) is 0 Å². The highest BCUT2D eigenvalue weighted by Gasteiger charge is 2.23. The number of para-hydroxylation sites is 1. The summed E-state index contributed by atoms with van der Waals surface area (Å²) >= 11 is 0. The molecule has 1 fully saturated rings. The Bertz CT molecular complexity index is 454. The van der Waals surface area contributed by atoms with E-state index in [1.165, 1.54) is 0 Å². The van der Waals surface area contributed by atoms with E-state index in [9.17, 15) is 9.90 Å². The zero-order valence-electron chi connectivity index (χ0n) is 12.1. The third-order valence-corrected chi connectivity index (χ3v) is 3.53. The average Bonchev–Trinajstić information content (AvgIpc) is 2.47. The number of carbonyl (C=O) groups is 1. The highest BCUT2D eigenvalue weighted by atomic mass is 16.6. The molecule has 0 spiro atoms. The van der Waals surface area contributed by atoms with Crippen LogP contribution in [0.15, 0.2) is 24.3 Å². The first kappa shape index (κ1) is 14.7. The van der Waals surface area contributed by atoms with E-state index in [0.717, 1.165) is 24.3 Å². The molecule has 110 valence electrons. The van der Waals surface area contributed by atoms with Crippen LogP contribution in [0.2, 0.25) is 0 Å². The number of aliphatic hydroxyl groups excluding tert-OH is 1. The van der Waals surface area contributed by atoms with E-state index in [2.05, 4.69) is 4.90 Å². The molecule has 2 rings (SSSR count). The molecule has 1 aliphatic rings. The van der Waals surface area contributed by atoms with E-state index in [4.69, 9.17) is 4.74 Å². The molecule has 0 aromatic heterocycles. The molecule has 5 heteroatoms. The fourth-order valence-corrected chi connectivity index (χ4v) is 2.47. The SMILES string of the molecule is CCOC(=O)N1CCN(c2ccccc2C(C)O)CC1. The van der Waals surface area contributed by atoms with Gasteiger partial charge < -0.3 is 19.6 Å². The predicted octanol–water partition coefficient (Wildman–Crippen LogP) is 2.02. The first-order valence-electron chi connectivity index (χ1n) is 7.07. The van der Waals surface area contributed by atoms with Crippen LogP contribution in [0.4, 0.5) is 10.5 Å². The summed E-state index contributed by atoms with van der Waals surface area (Å²) in [5.41, 5.74) is 1.98. The van der Waals surface area contributed by atoms with Crippen molar-refractivity contribution in [3.05, 3.63) is 29.8 Å². The molecule has 1 aromatic carbocycles. The summed E-state index contributed by atoms with van der Waals surface area (Å²) in [6, 6.07) is 7.86. The number of rotatable bonds is 3. The number of aliphatic hydroxyl groups is 1. The van der Waals surface area contributed by atoms with Gasteiger partial charge in [-0.25, -0.2) is 4.79 Å².